The molecule has 0 unspecified atom stereocenters. The number of hydrogen-bond donors (Lipinski definition) is 0. The highest BCUT2D eigenvalue weighted by Crippen LogP contribution is 2.24. The van der Waals surface area contributed by atoms with Crippen LogP contribution in [0.4, 0.5) is 5.82 Å². The van der Waals surface area contributed by atoms with Crippen LogP contribution >= 0.6 is 0 Å². The Morgan fingerprint density at radius 1 is 0.971 bits per heavy atom. The smallest absolute Gasteiger partial charge is 0.222 e. The fourth-order valence-electron chi connectivity index (χ4n) is 5.56. The first-order valence-corrected chi connectivity index (χ1v) is 13.0. The van der Waals surface area contributed by atoms with Gasteiger partial charge in [0, 0.05) is 44.4 Å². The van der Waals surface area contributed by atoms with Gasteiger partial charge in [0.25, 0.3) is 0 Å². The molecule has 1 aromatic carbocycles. The molecule has 0 aliphatic carbocycles. The number of piperidine rings is 1. The van der Waals surface area contributed by atoms with Crippen molar-refractivity contribution in [3.05, 3.63) is 65.2 Å². The standard InChI is InChI=1S/C28H36N6O/c1-21-25(22(2)34(31-21)27-19-26(29-20-30-27)32-14-6-7-15-32)10-11-28(35)33-16-12-24(13-17-33)18-23-8-4-3-5-9-23/h3-5,8-9,19-20,24H,6-7,10-18H2,1-2H3. The SMILES string of the molecule is Cc1nn(-c2cc(N3CCCC3)ncn2)c(C)c1CCC(=O)N1CCC(Cc2ccccc2)CC1. The van der Waals surface area contributed by atoms with Crippen LogP contribution in [0.5, 0.6) is 0 Å². The summed E-state index contributed by atoms with van der Waals surface area (Å²) >= 11 is 0. The van der Waals surface area contributed by atoms with Crippen molar-refractivity contribution in [2.75, 3.05) is 31.1 Å². The number of carbonyl (C=O) groups excluding carboxylic acids is 1. The maximum atomic E-state index is 13.0. The molecule has 7 nitrogen and oxygen atoms in total. The van der Waals surface area contributed by atoms with Crippen LogP contribution in [0.1, 0.15) is 54.6 Å². The fourth-order valence-corrected chi connectivity index (χ4v) is 5.56. The second kappa shape index (κ2) is 10.6. The molecule has 2 aliphatic rings. The van der Waals surface area contributed by atoms with Crippen molar-refractivity contribution in [3.8, 4) is 5.82 Å². The number of aromatic nitrogens is 4. The topological polar surface area (TPSA) is 67.2 Å². The average molecular weight is 473 g/mol. The van der Waals surface area contributed by atoms with Crippen molar-refractivity contribution in [2.24, 2.45) is 5.92 Å². The molecule has 2 fully saturated rings. The first-order valence-electron chi connectivity index (χ1n) is 13.0. The number of likely N-dealkylation sites (tertiary alicyclic amines) is 1. The van der Waals surface area contributed by atoms with E-state index in [4.69, 9.17) is 5.10 Å². The predicted octanol–water partition coefficient (Wildman–Crippen LogP) is 4.29. The predicted molar refractivity (Wildman–Crippen MR) is 138 cm³/mol. The highest BCUT2D eigenvalue weighted by molar-refractivity contribution is 5.76. The van der Waals surface area contributed by atoms with Gasteiger partial charge in [-0.3, -0.25) is 4.79 Å². The zero-order chi connectivity index (χ0) is 24.2. The molecule has 1 amide bonds. The Bertz CT molecular complexity index is 1140. The molecule has 7 heteroatoms. The number of carbonyl (C=O) groups is 1. The van der Waals surface area contributed by atoms with E-state index in [1.54, 1.807) is 6.33 Å². The van der Waals surface area contributed by atoms with Crippen LogP contribution in [0.25, 0.3) is 5.82 Å². The van der Waals surface area contributed by atoms with Gasteiger partial charge in [-0.1, -0.05) is 30.3 Å². The van der Waals surface area contributed by atoms with Crippen LogP contribution in [-0.4, -0.2) is 56.7 Å². The lowest BCUT2D eigenvalue weighted by Gasteiger charge is -2.32. The van der Waals surface area contributed by atoms with Gasteiger partial charge in [0.2, 0.25) is 5.91 Å². The zero-order valence-corrected chi connectivity index (χ0v) is 21.0. The second-order valence-electron chi connectivity index (χ2n) is 10.0. The van der Waals surface area contributed by atoms with E-state index in [9.17, 15) is 4.79 Å². The van der Waals surface area contributed by atoms with E-state index < -0.39 is 0 Å². The minimum Gasteiger partial charge on any atom is -0.356 e. The van der Waals surface area contributed by atoms with Crippen LogP contribution in [0, 0.1) is 19.8 Å². The molecule has 2 saturated heterocycles. The molecule has 2 aromatic heterocycles. The Morgan fingerprint density at radius 3 is 2.43 bits per heavy atom. The van der Waals surface area contributed by atoms with Crippen molar-refractivity contribution >= 4 is 11.7 Å². The van der Waals surface area contributed by atoms with Gasteiger partial charge in [0.15, 0.2) is 5.82 Å². The summed E-state index contributed by atoms with van der Waals surface area (Å²) in [7, 11) is 0. The Balaban J connectivity index is 1.18. The molecular formula is C28H36N6O. The maximum Gasteiger partial charge on any atom is 0.222 e. The van der Waals surface area contributed by atoms with Gasteiger partial charge in [-0.05, 0) is 69.4 Å². The number of amides is 1. The third-order valence-corrected chi connectivity index (χ3v) is 7.65. The van der Waals surface area contributed by atoms with Crippen LogP contribution < -0.4 is 4.90 Å². The van der Waals surface area contributed by atoms with Gasteiger partial charge in [-0.25, -0.2) is 14.6 Å². The van der Waals surface area contributed by atoms with E-state index in [1.165, 1.54) is 18.4 Å². The molecular weight excluding hydrogens is 436 g/mol. The van der Waals surface area contributed by atoms with Gasteiger partial charge in [0.1, 0.15) is 12.1 Å². The number of benzene rings is 1. The van der Waals surface area contributed by atoms with E-state index in [2.05, 4.69) is 57.0 Å². The first kappa shape index (κ1) is 23.5. The molecule has 0 saturated carbocycles. The molecule has 4 heterocycles. The van der Waals surface area contributed by atoms with E-state index in [0.717, 1.165) is 74.0 Å². The summed E-state index contributed by atoms with van der Waals surface area (Å²) in [6, 6.07) is 12.7. The fraction of sp³-hybridized carbons (Fsp3) is 0.500. The lowest BCUT2D eigenvalue weighted by molar-refractivity contribution is -0.132. The zero-order valence-electron chi connectivity index (χ0n) is 21.0. The molecule has 3 aromatic rings. The third-order valence-electron chi connectivity index (χ3n) is 7.65. The summed E-state index contributed by atoms with van der Waals surface area (Å²) < 4.78 is 1.91. The van der Waals surface area contributed by atoms with Crippen molar-refractivity contribution in [1.29, 1.82) is 0 Å². The molecule has 0 spiro atoms. The van der Waals surface area contributed by atoms with Crippen molar-refractivity contribution in [2.45, 2.75) is 58.8 Å². The highest BCUT2D eigenvalue weighted by Gasteiger charge is 2.24. The van der Waals surface area contributed by atoms with Gasteiger partial charge in [-0.2, -0.15) is 5.10 Å². The van der Waals surface area contributed by atoms with Gasteiger partial charge >= 0.3 is 0 Å². The van der Waals surface area contributed by atoms with Crippen molar-refractivity contribution < 1.29 is 4.79 Å². The van der Waals surface area contributed by atoms with E-state index in [-0.39, 0.29) is 5.91 Å². The summed E-state index contributed by atoms with van der Waals surface area (Å²) in [5, 5.41) is 4.77. The normalized spacial score (nSPS) is 16.7. The second-order valence-corrected chi connectivity index (χ2v) is 10.0. The number of aryl methyl sites for hydroxylation is 1. The summed E-state index contributed by atoms with van der Waals surface area (Å²) in [5.41, 5.74) is 4.58. The molecule has 0 N–H and O–H groups in total. The largest absolute Gasteiger partial charge is 0.356 e. The van der Waals surface area contributed by atoms with E-state index in [1.807, 2.05) is 17.7 Å². The monoisotopic (exact) mass is 472 g/mol. The number of anilines is 1. The van der Waals surface area contributed by atoms with Crippen molar-refractivity contribution in [3.63, 3.8) is 0 Å². The average Bonchev–Trinajstić information content (AvgIpc) is 3.52. The van der Waals surface area contributed by atoms with Gasteiger partial charge < -0.3 is 9.80 Å². The Morgan fingerprint density at radius 2 is 1.69 bits per heavy atom. The highest BCUT2D eigenvalue weighted by atomic mass is 16.2. The lowest BCUT2D eigenvalue weighted by Crippen LogP contribution is -2.39. The first-order chi connectivity index (χ1) is 17.1. The molecule has 0 radical (unpaired) electrons. The quantitative estimate of drug-likeness (QED) is 0.513. The molecule has 2 aliphatic heterocycles. The minimum absolute atomic E-state index is 0.257. The Hall–Kier alpha value is -3.22. The van der Waals surface area contributed by atoms with Crippen LogP contribution in [0.3, 0.4) is 0 Å². The minimum atomic E-state index is 0.257. The number of rotatable bonds is 7. The van der Waals surface area contributed by atoms with E-state index in [0.29, 0.717) is 18.8 Å². The number of hydrogen-bond acceptors (Lipinski definition) is 5. The summed E-state index contributed by atoms with van der Waals surface area (Å²) in [6.45, 7) is 7.93. The summed E-state index contributed by atoms with van der Waals surface area (Å²) in [5.74, 6) is 2.68. The Kier molecular flexibility index (Phi) is 7.11. The van der Waals surface area contributed by atoms with Crippen LogP contribution in [-0.2, 0) is 17.6 Å². The van der Waals surface area contributed by atoms with Gasteiger partial charge in [-0.15, -0.1) is 0 Å². The molecule has 35 heavy (non-hydrogen) atoms. The molecule has 5 rings (SSSR count). The maximum absolute atomic E-state index is 13.0. The van der Waals surface area contributed by atoms with Crippen LogP contribution in [0.15, 0.2) is 42.7 Å². The molecule has 0 atom stereocenters. The van der Waals surface area contributed by atoms with E-state index >= 15 is 0 Å². The summed E-state index contributed by atoms with van der Waals surface area (Å²) in [6.07, 6.45) is 8.58. The molecule has 184 valence electrons. The lowest BCUT2D eigenvalue weighted by atomic mass is 9.90. The summed E-state index contributed by atoms with van der Waals surface area (Å²) in [4.78, 5) is 26.3. The van der Waals surface area contributed by atoms with Gasteiger partial charge in [0.05, 0.1) is 5.69 Å². The third kappa shape index (κ3) is 5.39. The Labute approximate surface area is 208 Å². The molecule has 0 bridgehead atoms. The van der Waals surface area contributed by atoms with Crippen LogP contribution in [0.2, 0.25) is 0 Å². The number of nitrogens with zero attached hydrogens (tertiary/aromatic N) is 6. The van der Waals surface area contributed by atoms with Crippen molar-refractivity contribution in [1.82, 2.24) is 24.6 Å².